The van der Waals surface area contributed by atoms with Gasteiger partial charge in [-0.15, -0.1) is 0 Å². The zero-order valence-corrected chi connectivity index (χ0v) is 6.07. The first-order valence-corrected chi connectivity index (χ1v) is 3.40. The molecule has 12 heavy (non-hydrogen) atoms. The molecular weight excluding hydrogens is 159 g/mol. The third-order valence-electron chi connectivity index (χ3n) is 1.41. The van der Waals surface area contributed by atoms with Gasteiger partial charge in [-0.2, -0.15) is 4.39 Å². The summed E-state index contributed by atoms with van der Waals surface area (Å²) >= 11 is 0. The van der Waals surface area contributed by atoms with Gasteiger partial charge < -0.3 is 4.52 Å². The molecule has 4 heteroatoms. The van der Waals surface area contributed by atoms with Crippen LogP contribution in [0.15, 0.2) is 35.0 Å². The Balaban J connectivity index is 2.48. The summed E-state index contributed by atoms with van der Waals surface area (Å²) < 4.78 is 17.4. The predicted octanol–water partition coefficient (Wildman–Crippen LogP) is 1.88. The SMILES string of the molecule is Fc1cccc(-c2ccno2)n1. The van der Waals surface area contributed by atoms with Gasteiger partial charge in [0, 0.05) is 6.07 Å². The summed E-state index contributed by atoms with van der Waals surface area (Å²) in [7, 11) is 0. The third-order valence-corrected chi connectivity index (χ3v) is 1.41. The number of rotatable bonds is 1. The third kappa shape index (κ3) is 1.18. The van der Waals surface area contributed by atoms with Crippen LogP contribution < -0.4 is 0 Å². The minimum atomic E-state index is -0.524. The quantitative estimate of drug-likeness (QED) is 0.604. The molecule has 2 rings (SSSR count). The maximum Gasteiger partial charge on any atom is 0.213 e. The molecule has 3 nitrogen and oxygen atoms in total. The molecule has 0 bridgehead atoms. The van der Waals surface area contributed by atoms with Crippen molar-refractivity contribution in [1.29, 1.82) is 0 Å². The molecule has 0 amide bonds. The van der Waals surface area contributed by atoms with Crippen molar-refractivity contribution in [3.8, 4) is 11.5 Å². The second kappa shape index (κ2) is 2.73. The molecule has 2 aromatic rings. The fourth-order valence-electron chi connectivity index (χ4n) is 0.893. The van der Waals surface area contributed by atoms with E-state index < -0.39 is 5.95 Å². The van der Waals surface area contributed by atoms with Gasteiger partial charge in [0.05, 0.1) is 6.20 Å². The molecule has 0 N–H and O–H groups in total. The van der Waals surface area contributed by atoms with Gasteiger partial charge >= 0.3 is 0 Å². The van der Waals surface area contributed by atoms with E-state index in [2.05, 4.69) is 10.1 Å². The first kappa shape index (κ1) is 6.97. The lowest BCUT2D eigenvalue weighted by Crippen LogP contribution is -1.84. The second-order valence-corrected chi connectivity index (χ2v) is 2.22. The number of nitrogens with zero attached hydrogens (tertiary/aromatic N) is 2. The van der Waals surface area contributed by atoms with E-state index in [1.165, 1.54) is 12.3 Å². The lowest BCUT2D eigenvalue weighted by Gasteiger charge is -1.92. The van der Waals surface area contributed by atoms with Crippen molar-refractivity contribution in [2.24, 2.45) is 0 Å². The van der Waals surface area contributed by atoms with Crippen LogP contribution in [0, 0.1) is 5.95 Å². The molecule has 2 aromatic heterocycles. The average Bonchev–Trinajstić information content (AvgIpc) is 2.56. The zero-order valence-electron chi connectivity index (χ0n) is 6.07. The molecule has 0 atom stereocenters. The monoisotopic (exact) mass is 164 g/mol. The van der Waals surface area contributed by atoms with E-state index in [4.69, 9.17) is 4.52 Å². The lowest BCUT2D eigenvalue weighted by molar-refractivity contribution is 0.430. The highest BCUT2D eigenvalue weighted by Gasteiger charge is 2.02. The normalized spacial score (nSPS) is 10.1. The maximum atomic E-state index is 12.6. The standard InChI is InChI=1S/C8H5FN2O/c9-8-3-1-2-6(11-8)7-4-5-10-12-7/h1-5H. The second-order valence-electron chi connectivity index (χ2n) is 2.22. The first-order valence-electron chi connectivity index (χ1n) is 3.40. The molecule has 0 saturated carbocycles. The minimum Gasteiger partial charge on any atom is -0.355 e. The average molecular weight is 164 g/mol. The van der Waals surface area contributed by atoms with Gasteiger partial charge in [-0.1, -0.05) is 11.2 Å². The van der Waals surface area contributed by atoms with Crippen molar-refractivity contribution >= 4 is 0 Å². The Labute approximate surface area is 67.8 Å². The van der Waals surface area contributed by atoms with Crippen LogP contribution in [0.1, 0.15) is 0 Å². The largest absolute Gasteiger partial charge is 0.355 e. The van der Waals surface area contributed by atoms with E-state index in [9.17, 15) is 4.39 Å². The van der Waals surface area contributed by atoms with E-state index in [1.54, 1.807) is 18.2 Å². The van der Waals surface area contributed by atoms with Crippen molar-refractivity contribution in [1.82, 2.24) is 10.1 Å². The number of hydrogen-bond donors (Lipinski definition) is 0. The molecule has 0 unspecified atom stereocenters. The summed E-state index contributed by atoms with van der Waals surface area (Å²) in [6, 6.07) is 6.13. The van der Waals surface area contributed by atoms with Crippen molar-refractivity contribution in [2.45, 2.75) is 0 Å². The van der Waals surface area contributed by atoms with Crippen LogP contribution in [-0.2, 0) is 0 Å². The van der Waals surface area contributed by atoms with Crippen LogP contribution >= 0.6 is 0 Å². The Morgan fingerprint density at radius 2 is 2.17 bits per heavy atom. The van der Waals surface area contributed by atoms with Gasteiger partial charge in [0.2, 0.25) is 5.95 Å². The predicted molar refractivity (Wildman–Crippen MR) is 39.7 cm³/mol. The van der Waals surface area contributed by atoms with Crippen molar-refractivity contribution < 1.29 is 8.91 Å². The molecule has 0 aliphatic rings. The smallest absolute Gasteiger partial charge is 0.213 e. The first-order chi connectivity index (χ1) is 5.86. The molecule has 0 aliphatic carbocycles. The summed E-state index contributed by atoms with van der Waals surface area (Å²) in [6.07, 6.45) is 1.49. The van der Waals surface area contributed by atoms with Gasteiger partial charge in [-0.25, -0.2) is 4.98 Å². The number of halogens is 1. The van der Waals surface area contributed by atoms with Crippen LogP contribution in [0.5, 0.6) is 0 Å². The molecule has 2 heterocycles. The molecule has 0 aromatic carbocycles. The van der Waals surface area contributed by atoms with Crippen LogP contribution in [0.25, 0.3) is 11.5 Å². The van der Waals surface area contributed by atoms with E-state index >= 15 is 0 Å². The maximum absolute atomic E-state index is 12.6. The summed E-state index contributed by atoms with van der Waals surface area (Å²) in [5, 5.41) is 3.49. The Morgan fingerprint density at radius 3 is 2.83 bits per heavy atom. The Kier molecular flexibility index (Phi) is 1.59. The molecule has 0 radical (unpaired) electrons. The van der Waals surface area contributed by atoms with Crippen LogP contribution in [0.3, 0.4) is 0 Å². The fourth-order valence-corrected chi connectivity index (χ4v) is 0.893. The molecule has 0 saturated heterocycles. The van der Waals surface area contributed by atoms with Gasteiger partial charge in [0.15, 0.2) is 5.76 Å². The molecule has 60 valence electrons. The zero-order chi connectivity index (χ0) is 8.39. The van der Waals surface area contributed by atoms with Gasteiger partial charge in [0.1, 0.15) is 5.69 Å². The van der Waals surface area contributed by atoms with Crippen LogP contribution in [0.2, 0.25) is 0 Å². The number of aromatic nitrogens is 2. The minimum absolute atomic E-state index is 0.451. The van der Waals surface area contributed by atoms with E-state index in [0.717, 1.165) is 0 Å². The highest BCUT2D eigenvalue weighted by Crippen LogP contribution is 2.14. The summed E-state index contributed by atoms with van der Waals surface area (Å²) in [6.45, 7) is 0. The van der Waals surface area contributed by atoms with Crippen molar-refractivity contribution in [2.75, 3.05) is 0 Å². The Hall–Kier alpha value is -1.71. The molecule has 0 aliphatic heterocycles. The lowest BCUT2D eigenvalue weighted by atomic mass is 10.3. The summed E-state index contributed by atoms with van der Waals surface area (Å²) in [5.41, 5.74) is 0.451. The van der Waals surface area contributed by atoms with Gasteiger partial charge in [-0.05, 0) is 12.1 Å². The molecule has 0 spiro atoms. The highest BCUT2D eigenvalue weighted by molar-refractivity contribution is 5.50. The number of hydrogen-bond acceptors (Lipinski definition) is 3. The van der Waals surface area contributed by atoms with Gasteiger partial charge in [-0.3, -0.25) is 0 Å². The number of pyridine rings is 1. The van der Waals surface area contributed by atoms with E-state index in [-0.39, 0.29) is 0 Å². The van der Waals surface area contributed by atoms with Crippen molar-refractivity contribution in [3.63, 3.8) is 0 Å². The van der Waals surface area contributed by atoms with E-state index in [0.29, 0.717) is 11.5 Å². The Bertz CT molecular complexity index is 372. The highest BCUT2D eigenvalue weighted by atomic mass is 19.1. The summed E-state index contributed by atoms with van der Waals surface area (Å²) in [4.78, 5) is 3.62. The van der Waals surface area contributed by atoms with Crippen LogP contribution in [-0.4, -0.2) is 10.1 Å². The molecule has 0 fully saturated rings. The fraction of sp³-hybridized carbons (Fsp3) is 0. The van der Waals surface area contributed by atoms with Crippen molar-refractivity contribution in [3.05, 3.63) is 36.4 Å². The Morgan fingerprint density at radius 1 is 1.25 bits per heavy atom. The molecular formula is C8H5FN2O. The summed E-state index contributed by atoms with van der Waals surface area (Å²) in [5.74, 6) is -0.0570. The van der Waals surface area contributed by atoms with Gasteiger partial charge in [0.25, 0.3) is 0 Å². The topological polar surface area (TPSA) is 38.9 Å². The van der Waals surface area contributed by atoms with E-state index in [1.807, 2.05) is 0 Å². The van der Waals surface area contributed by atoms with Crippen LogP contribution in [0.4, 0.5) is 4.39 Å².